The van der Waals surface area contributed by atoms with E-state index in [0.29, 0.717) is 18.2 Å². The van der Waals surface area contributed by atoms with Crippen molar-refractivity contribution in [2.24, 2.45) is 5.92 Å². The first kappa shape index (κ1) is 17.5. The van der Waals surface area contributed by atoms with Crippen LogP contribution in [0.25, 0.3) is 5.69 Å². The summed E-state index contributed by atoms with van der Waals surface area (Å²) in [6, 6.07) is 8.35. The van der Waals surface area contributed by atoms with Crippen LogP contribution in [0.4, 0.5) is 0 Å². The second-order valence-electron chi connectivity index (χ2n) is 5.87. The summed E-state index contributed by atoms with van der Waals surface area (Å²) in [6.45, 7) is 8.91. The van der Waals surface area contributed by atoms with Crippen LogP contribution in [0, 0.1) is 12.8 Å². The molecule has 0 spiro atoms. The lowest BCUT2D eigenvalue weighted by atomic mass is 10.1. The van der Waals surface area contributed by atoms with Gasteiger partial charge in [-0.2, -0.15) is 0 Å². The second kappa shape index (κ2) is 8.15. The van der Waals surface area contributed by atoms with Crippen molar-refractivity contribution < 1.29 is 4.79 Å². The Morgan fingerprint density at radius 2 is 1.96 bits per heavy atom. The van der Waals surface area contributed by atoms with Crippen LogP contribution >= 0.6 is 11.8 Å². The van der Waals surface area contributed by atoms with E-state index in [1.54, 1.807) is 0 Å². The predicted octanol–water partition coefficient (Wildman–Crippen LogP) is 3.00. The summed E-state index contributed by atoms with van der Waals surface area (Å²) in [5.74, 6) is 1.64. The van der Waals surface area contributed by atoms with Gasteiger partial charge in [0, 0.05) is 12.2 Å². The minimum Gasteiger partial charge on any atom is -0.355 e. The number of benzene rings is 1. The van der Waals surface area contributed by atoms with Gasteiger partial charge in [-0.25, -0.2) is 0 Å². The minimum atomic E-state index is 0.0252. The molecule has 1 aromatic heterocycles. The number of carbonyl (C=O) groups is 1. The van der Waals surface area contributed by atoms with Gasteiger partial charge >= 0.3 is 0 Å². The topological polar surface area (TPSA) is 59.8 Å². The number of thioether (sulfide) groups is 1. The Labute approximate surface area is 141 Å². The van der Waals surface area contributed by atoms with Gasteiger partial charge in [-0.3, -0.25) is 9.36 Å². The van der Waals surface area contributed by atoms with Gasteiger partial charge in [0.05, 0.1) is 5.75 Å². The van der Waals surface area contributed by atoms with Crippen molar-refractivity contribution >= 4 is 17.7 Å². The van der Waals surface area contributed by atoms with Crippen LogP contribution in [0.3, 0.4) is 0 Å². The van der Waals surface area contributed by atoms with Crippen LogP contribution in [-0.2, 0) is 11.2 Å². The minimum absolute atomic E-state index is 0.0252. The number of hydrogen-bond acceptors (Lipinski definition) is 4. The average Bonchev–Trinajstić information content (AvgIpc) is 2.91. The maximum absolute atomic E-state index is 11.9. The molecule has 2 rings (SSSR count). The lowest BCUT2D eigenvalue weighted by molar-refractivity contribution is -0.118. The number of rotatable bonds is 7. The van der Waals surface area contributed by atoms with Gasteiger partial charge in [0.15, 0.2) is 5.16 Å². The Morgan fingerprint density at radius 3 is 2.57 bits per heavy atom. The van der Waals surface area contributed by atoms with Crippen LogP contribution < -0.4 is 5.32 Å². The molecule has 0 saturated heterocycles. The summed E-state index contributed by atoms with van der Waals surface area (Å²) in [7, 11) is 0. The van der Waals surface area contributed by atoms with Gasteiger partial charge < -0.3 is 5.32 Å². The van der Waals surface area contributed by atoms with Crippen molar-refractivity contribution in [1.82, 2.24) is 20.1 Å². The van der Waals surface area contributed by atoms with Crippen LogP contribution in [-0.4, -0.2) is 33.0 Å². The zero-order valence-corrected chi connectivity index (χ0v) is 15.0. The van der Waals surface area contributed by atoms with E-state index in [0.717, 1.165) is 23.1 Å². The van der Waals surface area contributed by atoms with E-state index in [1.807, 2.05) is 11.5 Å². The van der Waals surface area contributed by atoms with Gasteiger partial charge in [0.1, 0.15) is 5.82 Å². The van der Waals surface area contributed by atoms with Crippen LogP contribution in [0.2, 0.25) is 0 Å². The first-order valence-corrected chi connectivity index (χ1v) is 8.90. The zero-order chi connectivity index (χ0) is 16.8. The lowest BCUT2D eigenvalue weighted by Gasteiger charge is -2.10. The Hall–Kier alpha value is -1.82. The molecular weight excluding hydrogens is 308 g/mol. The molecule has 0 aliphatic rings. The third-order valence-corrected chi connectivity index (χ3v) is 4.37. The van der Waals surface area contributed by atoms with Crippen LogP contribution in [0.1, 0.15) is 32.2 Å². The van der Waals surface area contributed by atoms with Gasteiger partial charge in [-0.05, 0) is 37.0 Å². The van der Waals surface area contributed by atoms with E-state index in [2.05, 4.69) is 60.6 Å². The molecule has 2 aromatic rings. The number of aromatic nitrogens is 3. The standard InChI is InChI=1S/C17H24N4OS/c1-5-14-6-8-15(9-7-14)21-13(4)19-20-17(21)23-11-16(22)18-10-12(2)3/h6-9,12H,5,10-11H2,1-4H3,(H,18,22). The molecule has 124 valence electrons. The van der Waals surface area contributed by atoms with Gasteiger partial charge in [0.25, 0.3) is 0 Å². The molecule has 0 radical (unpaired) electrons. The SMILES string of the molecule is CCc1ccc(-n2c(C)nnc2SCC(=O)NCC(C)C)cc1. The van der Waals surface area contributed by atoms with Gasteiger partial charge in [-0.1, -0.05) is 44.7 Å². The lowest BCUT2D eigenvalue weighted by Crippen LogP contribution is -2.28. The number of nitrogens with zero attached hydrogens (tertiary/aromatic N) is 3. The molecule has 0 aliphatic carbocycles. The van der Waals surface area contributed by atoms with Crippen LogP contribution in [0.15, 0.2) is 29.4 Å². The van der Waals surface area contributed by atoms with E-state index in [9.17, 15) is 4.79 Å². The summed E-state index contributed by atoms with van der Waals surface area (Å²) in [5.41, 5.74) is 2.32. The van der Waals surface area contributed by atoms with Crippen molar-refractivity contribution in [1.29, 1.82) is 0 Å². The van der Waals surface area contributed by atoms with Crippen LogP contribution in [0.5, 0.6) is 0 Å². The van der Waals surface area contributed by atoms with Gasteiger partial charge in [-0.15, -0.1) is 10.2 Å². The molecular formula is C17H24N4OS. The Morgan fingerprint density at radius 1 is 1.26 bits per heavy atom. The third kappa shape index (κ3) is 4.82. The molecule has 23 heavy (non-hydrogen) atoms. The fourth-order valence-electron chi connectivity index (χ4n) is 2.11. The predicted molar refractivity (Wildman–Crippen MR) is 94.0 cm³/mol. The molecule has 0 unspecified atom stereocenters. The number of carbonyl (C=O) groups excluding carboxylic acids is 1. The summed E-state index contributed by atoms with van der Waals surface area (Å²) in [5, 5.41) is 12.0. The molecule has 1 aromatic carbocycles. The highest BCUT2D eigenvalue weighted by atomic mass is 32.2. The maximum Gasteiger partial charge on any atom is 0.230 e. The van der Waals surface area contributed by atoms with Crippen molar-refractivity contribution in [3.8, 4) is 5.69 Å². The molecule has 0 fully saturated rings. The van der Waals surface area contributed by atoms with E-state index < -0.39 is 0 Å². The highest BCUT2D eigenvalue weighted by Gasteiger charge is 2.13. The number of nitrogens with one attached hydrogen (secondary N) is 1. The smallest absolute Gasteiger partial charge is 0.230 e. The average molecular weight is 332 g/mol. The molecule has 5 nitrogen and oxygen atoms in total. The molecule has 0 atom stereocenters. The Balaban J connectivity index is 2.07. The van der Waals surface area contributed by atoms with Crippen molar-refractivity contribution in [2.75, 3.05) is 12.3 Å². The fraction of sp³-hybridized carbons (Fsp3) is 0.471. The highest BCUT2D eigenvalue weighted by molar-refractivity contribution is 7.99. The zero-order valence-electron chi connectivity index (χ0n) is 14.2. The first-order chi connectivity index (χ1) is 11.0. The maximum atomic E-state index is 11.9. The number of amides is 1. The quantitative estimate of drug-likeness (QED) is 0.792. The first-order valence-electron chi connectivity index (χ1n) is 7.92. The molecule has 1 N–H and O–H groups in total. The van der Waals surface area contributed by atoms with Crippen molar-refractivity contribution in [3.05, 3.63) is 35.7 Å². The third-order valence-electron chi connectivity index (χ3n) is 3.44. The Kier molecular flexibility index (Phi) is 6.21. The van der Waals surface area contributed by atoms with E-state index in [4.69, 9.17) is 0 Å². The normalized spacial score (nSPS) is 11.0. The summed E-state index contributed by atoms with van der Waals surface area (Å²) >= 11 is 1.41. The van der Waals surface area contributed by atoms with E-state index in [1.165, 1.54) is 17.3 Å². The number of hydrogen-bond donors (Lipinski definition) is 1. The number of aryl methyl sites for hydroxylation is 2. The largest absolute Gasteiger partial charge is 0.355 e. The fourth-order valence-corrected chi connectivity index (χ4v) is 2.94. The van der Waals surface area contributed by atoms with E-state index >= 15 is 0 Å². The summed E-state index contributed by atoms with van der Waals surface area (Å²) in [6.07, 6.45) is 1.01. The molecule has 6 heteroatoms. The molecule has 0 aliphatic heterocycles. The highest BCUT2D eigenvalue weighted by Crippen LogP contribution is 2.22. The molecule has 0 bridgehead atoms. The van der Waals surface area contributed by atoms with Gasteiger partial charge in [0.2, 0.25) is 5.91 Å². The van der Waals surface area contributed by atoms with E-state index in [-0.39, 0.29) is 5.91 Å². The molecule has 1 heterocycles. The second-order valence-corrected chi connectivity index (χ2v) is 6.81. The summed E-state index contributed by atoms with van der Waals surface area (Å²) in [4.78, 5) is 11.9. The van der Waals surface area contributed by atoms with Crippen molar-refractivity contribution in [3.63, 3.8) is 0 Å². The molecule has 1 amide bonds. The van der Waals surface area contributed by atoms with Crippen molar-refractivity contribution in [2.45, 2.75) is 39.3 Å². The summed E-state index contributed by atoms with van der Waals surface area (Å²) < 4.78 is 1.99. The Bertz CT molecular complexity index is 649. The monoisotopic (exact) mass is 332 g/mol. The molecule has 0 saturated carbocycles.